The van der Waals surface area contributed by atoms with Crippen LogP contribution < -0.4 is 10.0 Å². The molecule has 1 aromatic heterocycles. The van der Waals surface area contributed by atoms with Gasteiger partial charge in [0.05, 0.1) is 0 Å². The largest absolute Gasteiger partial charge is 0.316 e. The number of hydrogen-bond donors (Lipinski definition) is 2. The van der Waals surface area contributed by atoms with Gasteiger partial charge < -0.3 is 5.32 Å². The lowest BCUT2D eigenvalue weighted by atomic mass is 10.2. The van der Waals surface area contributed by atoms with E-state index in [4.69, 9.17) is 11.6 Å². The zero-order chi connectivity index (χ0) is 15.3. The molecule has 1 aromatic carbocycles. The van der Waals surface area contributed by atoms with Gasteiger partial charge in [0, 0.05) is 24.3 Å². The highest BCUT2D eigenvalue weighted by molar-refractivity contribution is 7.89. The third-order valence-corrected chi connectivity index (χ3v) is 4.55. The number of rotatable bonds is 6. The minimum atomic E-state index is -3.65. The molecule has 0 bridgehead atoms. The molecule has 5 nitrogen and oxygen atoms in total. The third kappa shape index (κ3) is 4.25. The summed E-state index contributed by atoms with van der Waals surface area (Å²) in [6, 6.07) is 10.3. The molecule has 0 spiro atoms. The fraction of sp³-hybridized carbons (Fsp3) is 0.214. The molecule has 0 saturated carbocycles. The highest BCUT2D eigenvalue weighted by Crippen LogP contribution is 2.15. The molecule has 0 aliphatic heterocycles. The molecule has 7 heteroatoms. The summed E-state index contributed by atoms with van der Waals surface area (Å²) in [6.07, 6.45) is 1.54. The Morgan fingerprint density at radius 2 is 1.90 bits per heavy atom. The number of pyridine rings is 1. The monoisotopic (exact) mass is 325 g/mol. The van der Waals surface area contributed by atoms with Gasteiger partial charge in [-0.25, -0.2) is 18.1 Å². The Bertz CT molecular complexity index is 702. The van der Waals surface area contributed by atoms with E-state index >= 15 is 0 Å². The molecular weight excluding hydrogens is 310 g/mol. The van der Waals surface area contributed by atoms with E-state index < -0.39 is 10.0 Å². The molecule has 0 aliphatic rings. The molecule has 21 heavy (non-hydrogen) atoms. The van der Waals surface area contributed by atoms with Gasteiger partial charge in [-0.2, -0.15) is 0 Å². The second-order valence-corrected chi connectivity index (χ2v) is 6.57. The zero-order valence-electron chi connectivity index (χ0n) is 11.5. The zero-order valence-corrected chi connectivity index (χ0v) is 13.1. The van der Waals surface area contributed by atoms with E-state index in [9.17, 15) is 8.42 Å². The van der Waals surface area contributed by atoms with Crippen LogP contribution in [-0.2, 0) is 23.1 Å². The van der Waals surface area contributed by atoms with Crippen LogP contribution in [0.4, 0.5) is 0 Å². The lowest BCUT2D eigenvalue weighted by Gasteiger charge is -2.08. The van der Waals surface area contributed by atoms with Crippen molar-refractivity contribution in [3.8, 4) is 0 Å². The summed E-state index contributed by atoms with van der Waals surface area (Å²) in [7, 11) is -1.83. The maximum absolute atomic E-state index is 12.2. The van der Waals surface area contributed by atoms with Crippen LogP contribution in [0.25, 0.3) is 0 Å². The van der Waals surface area contributed by atoms with Gasteiger partial charge in [0.15, 0.2) is 5.03 Å². The Balaban J connectivity index is 2.09. The minimum absolute atomic E-state index is 0.00518. The van der Waals surface area contributed by atoms with Crippen LogP contribution in [0, 0.1) is 0 Å². The van der Waals surface area contributed by atoms with Crippen LogP contribution in [0.5, 0.6) is 0 Å². The highest BCUT2D eigenvalue weighted by atomic mass is 35.5. The van der Waals surface area contributed by atoms with Crippen LogP contribution in [0.15, 0.2) is 47.6 Å². The third-order valence-electron chi connectivity index (χ3n) is 2.86. The molecule has 2 aromatic rings. The van der Waals surface area contributed by atoms with E-state index in [1.54, 1.807) is 36.5 Å². The summed E-state index contributed by atoms with van der Waals surface area (Å²) >= 11 is 6.00. The fourth-order valence-corrected chi connectivity index (χ4v) is 2.90. The second-order valence-electron chi connectivity index (χ2n) is 4.45. The topological polar surface area (TPSA) is 71.1 Å². The quantitative estimate of drug-likeness (QED) is 0.851. The predicted octanol–water partition coefficient (Wildman–Crippen LogP) is 1.93. The van der Waals surface area contributed by atoms with Crippen molar-refractivity contribution in [1.82, 2.24) is 15.0 Å². The molecule has 112 valence electrons. The summed E-state index contributed by atoms with van der Waals surface area (Å²) in [5.41, 5.74) is 1.64. The Morgan fingerprint density at radius 3 is 2.52 bits per heavy atom. The number of nitrogens with zero attached hydrogens (tertiary/aromatic N) is 1. The van der Waals surface area contributed by atoms with E-state index in [2.05, 4.69) is 15.0 Å². The fourth-order valence-electron chi connectivity index (χ4n) is 1.77. The second kappa shape index (κ2) is 7.00. The smallest absolute Gasteiger partial charge is 0.258 e. The molecule has 2 N–H and O–H groups in total. The lowest BCUT2D eigenvalue weighted by Crippen LogP contribution is -2.24. The maximum Gasteiger partial charge on any atom is 0.258 e. The van der Waals surface area contributed by atoms with Gasteiger partial charge in [-0.3, -0.25) is 0 Å². The first-order chi connectivity index (χ1) is 10.0. The van der Waals surface area contributed by atoms with Crippen molar-refractivity contribution < 1.29 is 8.42 Å². The molecule has 1 heterocycles. The van der Waals surface area contributed by atoms with Crippen molar-refractivity contribution in [3.63, 3.8) is 0 Å². The Kier molecular flexibility index (Phi) is 5.30. The van der Waals surface area contributed by atoms with Crippen molar-refractivity contribution in [1.29, 1.82) is 0 Å². The first-order valence-electron chi connectivity index (χ1n) is 6.35. The van der Waals surface area contributed by atoms with Crippen LogP contribution in [0.1, 0.15) is 11.1 Å². The summed E-state index contributed by atoms with van der Waals surface area (Å²) in [6.45, 7) is 0.766. The van der Waals surface area contributed by atoms with Gasteiger partial charge >= 0.3 is 0 Å². The van der Waals surface area contributed by atoms with Crippen molar-refractivity contribution in [2.45, 2.75) is 18.1 Å². The summed E-state index contributed by atoms with van der Waals surface area (Å²) in [5, 5.41) is 3.50. The van der Waals surface area contributed by atoms with Crippen molar-refractivity contribution >= 4 is 21.6 Å². The van der Waals surface area contributed by atoms with Crippen LogP contribution in [0.2, 0.25) is 5.02 Å². The number of sulfonamides is 1. The minimum Gasteiger partial charge on any atom is -0.316 e. The number of benzene rings is 1. The number of nitrogens with one attached hydrogen (secondary N) is 2. The Hall–Kier alpha value is -1.47. The van der Waals surface area contributed by atoms with Crippen LogP contribution in [-0.4, -0.2) is 20.4 Å². The Labute approximate surface area is 129 Å². The first-order valence-corrected chi connectivity index (χ1v) is 8.21. The van der Waals surface area contributed by atoms with Crippen LogP contribution >= 0.6 is 11.6 Å². The average molecular weight is 326 g/mol. The van der Waals surface area contributed by atoms with E-state index in [0.717, 1.165) is 11.1 Å². The highest BCUT2D eigenvalue weighted by Gasteiger charge is 2.15. The van der Waals surface area contributed by atoms with Gasteiger partial charge in [-0.05, 0) is 30.3 Å². The summed E-state index contributed by atoms with van der Waals surface area (Å²) < 4.78 is 26.8. The molecular formula is C14H16ClN3O2S. The van der Waals surface area contributed by atoms with E-state index in [-0.39, 0.29) is 11.6 Å². The molecule has 2 rings (SSSR count). The van der Waals surface area contributed by atoms with E-state index in [1.165, 1.54) is 6.07 Å². The van der Waals surface area contributed by atoms with Gasteiger partial charge in [0.1, 0.15) is 0 Å². The van der Waals surface area contributed by atoms with Crippen molar-refractivity contribution in [2.75, 3.05) is 7.05 Å². The van der Waals surface area contributed by atoms with Gasteiger partial charge in [-0.1, -0.05) is 35.9 Å². The van der Waals surface area contributed by atoms with Gasteiger partial charge in [0.2, 0.25) is 0 Å². The normalized spacial score (nSPS) is 11.5. The van der Waals surface area contributed by atoms with Gasteiger partial charge in [-0.15, -0.1) is 0 Å². The molecule has 0 atom stereocenters. The van der Waals surface area contributed by atoms with Crippen LogP contribution in [0.3, 0.4) is 0 Å². The number of hydrogen-bond acceptors (Lipinski definition) is 4. The number of halogens is 1. The summed E-state index contributed by atoms with van der Waals surface area (Å²) in [4.78, 5) is 3.98. The predicted molar refractivity (Wildman–Crippen MR) is 82.5 cm³/mol. The molecule has 0 aliphatic carbocycles. The molecule has 0 saturated heterocycles. The molecule has 0 radical (unpaired) electrons. The summed E-state index contributed by atoms with van der Waals surface area (Å²) in [5.74, 6) is 0. The van der Waals surface area contributed by atoms with E-state index in [0.29, 0.717) is 11.6 Å². The maximum atomic E-state index is 12.2. The standard InChI is InChI=1S/C14H16ClN3O2S/c1-16-8-11-6-7-14(17-9-11)21(19,20)18-10-12-4-2-3-5-13(12)15/h2-7,9,16,18H,8,10H2,1H3. The molecule has 0 amide bonds. The molecule has 0 fully saturated rings. The molecule has 0 unspecified atom stereocenters. The average Bonchev–Trinajstić information content (AvgIpc) is 2.47. The van der Waals surface area contributed by atoms with Crippen molar-refractivity contribution in [2.24, 2.45) is 0 Å². The van der Waals surface area contributed by atoms with Gasteiger partial charge in [0.25, 0.3) is 10.0 Å². The lowest BCUT2D eigenvalue weighted by molar-refractivity contribution is 0.577. The SMILES string of the molecule is CNCc1ccc(S(=O)(=O)NCc2ccccc2Cl)nc1. The number of aromatic nitrogens is 1. The Morgan fingerprint density at radius 1 is 1.14 bits per heavy atom. The first kappa shape index (κ1) is 15.9. The van der Waals surface area contributed by atoms with E-state index in [1.807, 2.05) is 7.05 Å². The van der Waals surface area contributed by atoms with Crippen molar-refractivity contribution in [3.05, 3.63) is 58.7 Å².